The van der Waals surface area contributed by atoms with Gasteiger partial charge in [-0.05, 0) is 12.3 Å². The Morgan fingerprint density at radius 2 is 2.05 bits per heavy atom. The maximum atomic E-state index is 11.7. The van der Waals surface area contributed by atoms with E-state index in [-0.39, 0.29) is 17.4 Å². The van der Waals surface area contributed by atoms with Crippen LogP contribution in [0.1, 0.15) is 31.7 Å². The van der Waals surface area contributed by atoms with Crippen molar-refractivity contribution in [3.05, 3.63) is 11.9 Å². The number of anilines is 2. The second-order valence-electron chi connectivity index (χ2n) is 5.25. The molecule has 1 aliphatic heterocycles. The van der Waals surface area contributed by atoms with Crippen LogP contribution in [0.4, 0.5) is 11.6 Å². The zero-order valence-corrected chi connectivity index (χ0v) is 12.7. The molecule has 1 aliphatic rings. The lowest BCUT2D eigenvalue weighted by atomic mass is 10.0. The largest absolute Gasteiger partial charge is 0.355 e. The van der Waals surface area contributed by atoms with Crippen LogP contribution in [-0.4, -0.2) is 43.0 Å². The number of rotatable bonds is 3. The summed E-state index contributed by atoms with van der Waals surface area (Å²) in [5, 5.41) is 0. The van der Waals surface area contributed by atoms with Crippen molar-refractivity contribution in [2.24, 2.45) is 5.84 Å². The molecule has 1 saturated heterocycles. The van der Waals surface area contributed by atoms with E-state index in [9.17, 15) is 8.42 Å². The second kappa shape index (κ2) is 5.92. The van der Waals surface area contributed by atoms with Crippen molar-refractivity contribution >= 4 is 21.5 Å². The minimum atomic E-state index is -2.93. The fraction of sp³-hybridized carbons (Fsp3) is 0.667. The number of nitrogens with zero attached hydrogens (tertiary/aromatic N) is 3. The minimum Gasteiger partial charge on any atom is -0.355 e. The Morgan fingerprint density at radius 1 is 1.30 bits per heavy atom. The molecule has 3 N–H and O–H groups in total. The summed E-state index contributed by atoms with van der Waals surface area (Å²) in [5.41, 5.74) is 3.52. The van der Waals surface area contributed by atoms with Gasteiger partial charge in [0.1, 0.15) is 18.0 Å². The molecule has 0 aromatic carbocycles. The van der Waals surface area contributed by atoms with E-state index >= 15 is 0 Å². The molecule has 1 aromatic heterocycles. The van der Waals surface area contributed by atoms with Crippen LogP contribution in [-0.2, 0) is 9.84 Å². The molecule has 2 heterocycles. The third kappa shape index (κ3) is 3.18. The molecule has 0 spiro atoms. The summed E-state index contributed by atoms with van der Waals surface area (Å²) in [6.07, 6.45) is 2.07. The molecule has 0 unspecified atom stereocenters. The van der Waals surface area contributed by atoms with Gasteiger partial charge in [-0.3, -0.25) is 0 Å². The molecule has 1 fully saturated rings. The van der Waals surface area contributed by atoms with Gasteiger partial charge in [-0.15, -0.1) is 0 Å². The molecule has 112 valence electrons. The van der Waals surface area contributed by atoms with E-state index in [0.29, 0.717) is 25.3 Å². The van der Waals surface area contributed by atoms with Gasteiger partial charge in [-0.2, -0.15) is 0 Å². The highest BCUT2D eigenvalue weighted by molar-refractivity contribution is 7.91. The Hall–Kier alpha value is -1.41. The first-order valence-corrected chi connectivity index (χ1v) is 8.53. The molecular weight excluding hydrogens is 278 g/mol. The second-order valence-corrected chi connectivity index (χ2v) is 7.55. The summed E-state index contributed by atoms with van der Waals surface area (Å²) in [4.78, 5) is 10.5. The van der Waals surface area contributed by atoms with Crippen molar-refractivity contribution in [1.82, 2.24) is 9.97 Å². The van der Waals surface area contributed by atoms with E-state index in [0.717, 1.165) is 11.4 Å². The monoisotopic (exact) mass is 299 g/mol. The summed E-state index contributed by atoms with van der Waals surface area (Å²) in [6, 6.07) is 0. The number of aromatic nitrogens is 2. The van der Waals surface area contributed by atoms with E-state index in [1.54, 1.807) is 0 Å². The molecule has 0 atom stereocenters. The van der Waals surface area contributed by atoms with Crippen LogP contribution in [0.2, 0.25) is 0 Å². The maximum absolute atomic E-state index is 11.7. The average Bonchev–Trinajstić information content (AvgIpc) is 2.58. The molecule has 0 saturated carbocycles. The van der Waals surface area contributed by atoms with Crippen LogP contribution in [0, 0.1) is 0 Å². The number of hydrogen-bond acceptors (Lipinski definition) is 7. The summed E-state index contributed by atoms with van der Waals surface area (Å²) in [5.74, 6) is 7.48. The van der Waals surface area contributed by atoms with Gasteiger partial charge in [0.15, 0.2) is 9.84 Å². The summed E-state index contributed by atoms with van der Waals surface area (Å²) in [6.45, 7) is 5.22. The van der Waals surface area contributed by atoms with E-state index < -0.39 is 9.84 Å². The Bertz CT molecular complexity index is 573. The third-order valence-corrected chi connectivity index (χ3v) is 5.15. The van der Waals surface area contributed by atoms with Gasteiger partial charge in [-0.25, -0.2) is 24.2 Å². The zero-order valence-electron chi connectivity index (χ0n) is 11.8. The zero-order chi connectivity index (χ0) is 14.8. The first-order valence-electron chi connectivity index (χ1n) is 6.71. The average molecular weight is 299 g/mol. The highest BCUT2D eigenvalue weighted by Crippen LogP contribution is 2.30. The van der Waals surface area contributed by atoms with Gasteiger partial charge in [0.05, 0.1) is 11.5 Å². The van der Waals surface area contributed by atoms with Gasteiger partial charge < -0.3 is 10.3 Å². The van der Waals surface area contributed by atoms with Crippen LogP contribution >= 0.6 is 0 Å². The van der Waals surface area contributed by atoms with E-state index in [2.05, 4.69) is 15.4 Å². The number of nitrogens with one attached hydrogen (secondary N) is 1. The summed E-state index contributed by atoms with van der Waals surface area (Å²) >= 11 is 0. The SMILES string of the molecule is CC(C)c1c(NN)ncnc1N1CCCS(=O)(=O)CC1. The highest BCUT2D eigenvalue weighted by atomic mass is 32.2. The van der Waals surface area contributed by atoms with Crippen LogP contribution in [0.25, 0.3) is 0 Å². The Balaban J connectivity index is 2.37. The predicted octanol–water partition coefficient (Wildman–Crippen LogP) is 0.511. The van der Waals surface area contributed by atoms with Crippen molar-refractivity contribution in [3.63, 3.8) is 0 Å². The fourth-order valence-corrected chi connectivity index (χ4v) is 3.71. The van der Waals surface area contributed by atoms with Gasteiger partial charge in [0, 0.05) is 18.7 Å². The molecule has 1 aromatic rings. The third-order valence-electron chi connectivity index (χ3n) is 3.43. The summed E-state index contributed by atoms with van der Waals surface area (Å²) < 4.78 is 23.4. The smallest absolute Gasteiger partial charge is 0.152 e. The van der Waals surface area contributed by atoms with Crippen LogP contribution in [0.5, 0.6) is 0 Å². The topological polar surface area (TPSA) is 101 Å². The lowest BCUT2D eigenvalue weighted by Crippen LogP contribution is -2.29. The van der Waals surface area contributed by atoms with E-state index in [4.69, 9.17) is 5.84 Å². The number of nitrogen functional groups attached to an aromatic ring is 1. The van der Waals surface area contributed by atoms with Crippen LogP contribution in [0.3, 0.4) is 0 Å². The molecule has 20 heavy (non-hydrogen) atoms. The predicted molar refractivity (Wildman–Crippen MR) is 79.4 cm³/mol. The lowest BCUT2D eigenvalue weighted by Gasteiger charge is -2.25. The van der Waals surface area contributed by atoms with E-state index in [1.165, 1.54) is 6.33 Å². The van der Waals surface area contributed by atoms with Crippen LogP contribution in [0.15, 0.2) is 6.33 Å². The Morgan fingerprint density at radius 3 is 2.70 bits per heavy atom. The standard InChI is InChI=1S/C12H21N5O2S/c1-9(2)10-11(16-13)14-8-15-12(10)17-4-3-6-20(18,19)7-5-17/h8-9H,3-7,13H2,1-2H3,(H,14,15,16). The first-order chi connectivity index (χ1) is 9.44. The maximum Gasteiger partial charge on any atom is 0.152 e. The molecule has 2 rings (SSSR count). The Kier molecular flexibility index (Phi) is 4.44. The highest BCUT2D eigenvalue weighted by Gasteiger charge is 2.24. The van der Waals surface area contributed by atoms with Crippen molar-refractivity contribution in [2.75, 3.05) is 34.9 Å². The number of sulfone groups is 1. The number of hydrogen-bond donors (Lipinski definition) is 2. The van der Waals surface area contributed by atoms with Gasteiger partial charge in [-0.1, -0.05) is 13.8 Å². The molecule has 0 aliphatic carbocycles. The van der Waals surface area contributed by atoms with Crippen molar-refractivity contribution < 1.29 is 8.42 Å². The molecular formula is C12H21N5O2S. The quantitative estimate of drug-likeness (QED) is 0.619. The molecule has 0 amide bonds. The lowest BCUT2D eigenvalue weighted by molar-refractivity contribution is 0.597. The van der Waals surface area contributed by atoms with Crippen molar-refractivity contribution in [2.45, 2.75) is 26.2 Å². The minimum absolute atomic E-state index is 0.167. The van der Waals surface area contributed by atoms with Crippen molar-refractivity contribution in [3.8, 4) is 0 Å². The van der Waals surface area contributed by atoms with Gasteiger partial charge >= 0.3 is 0 Å². The van der Waals surface area contributed by atoms with E-state index in [1.807, 2.05) is 18.7 Å². The first kappa shape index (κ1) is 15.0. The van der Waals surface area contributed by atoms with Crippen molar-refractivity contribution in [1.29, 1.82) is 0 Å². The van der Waals surface area contributed by atoms with Gasteiger partial charge in [0.2, 0.25) is 0 Å². The van der Waals surface area contributed by atoms with Gasteiger partial charge in [0.25, 0.3) is 0 Å². The molecule has 0 bridgehead atoms. The summed E-state index contributed by atoms with van der Waals surface area (Å²) in [7, 11) is -2.93. The molecule has 8 heteroatoms. The number of nitrogens with two attached hydrogens (primary N) is 1. The Labute approximate surface area is 119 Å². The normalized spacial score (nSPS) is 18.9. The fourth-order valence-electron chi connectivity index (χ4n) is 2.44. The number of hydrazine groups is 1. The van der Waals surface area contributed by atoms with Crippen LogP contribution < -0.4 is 16.2 Å². The molecule has 7 nitrogen and oxygen atoms in total. The molecule has 0 radical (unpaired) electrons.